The maximum absolute atomic E-state index is 14.0. The van der Waals surface area contributed by atoms with Gasteiger partial charge in [0, 0.05) is 41.7 Å². The average Bonchev–Trinajstić information content (AvgIpc) is 3.01. The molecule has 2 aliphatic heterocycles. The van der Waals surface area contributed by atoms with E-state index in [2.05, 4.69) is 6.07 Å². The van der Waals surface area contributed by atoms with E-state index in [0.29, 0.717) is 23.4 Å². The molecule has 2 heterocycles. The second kappa shape index (κ2) is 7.47. The van der Waals surface area contributed by atoms with Gasteiger partial charge >= 0.3 is 6.18 Å². The van der Waals surface area contributed by atoms with Crippen molar-refractivity contribution in [1.82, 2.24) is 0 Å². The third-order valence-corrected chi connectivity index (χ3v) is 7.23. The Balaban J connectivity index is 1.85. The predicted octanol–water partition coefficient (Wildman–Crippen LogP) is 4.78. The number of alkyl halides is 3. The van der Waals surface area contributed by atoms with Crippen LogP contribution in [0.2, 0.25) is 0 Å². The molecular weight excluding hydrogens is 469 g/mol. The minimum Gasteiger partial charge on any atom is -0.384 e. The number of hydrogen-bond donors (Lipinski definition) is 1. The zero-order valence-corrected chi connectivity index (χ0v) is 19.9. The molecule has 1 atom stereocenters. The van der Waals surface area contributed by atoms with Crippen LogP contribution < -0.4 is 15.5 Å². The van der Waals surface area contributed by atoms with Crippen molar-refractivity contribution in [3.63, 3.8) is 0 Å². The molecule has 0 bridgehead atoms. The number of amides is 1. The maximum atomic E-state index is 14.0. The number of para-hydroxylation sites is 1. The quantitative estimate of drug-likeness (QED) is 0.619. The van der Waals surface area contributed by atoms with Crippen molar-refractivity contribution < 1.29 is 22.8 Å². The third-order valence-electron chi connectivity index (χ3n) is 7.23. The largest absolute Gasteiger partial charge is 0.416 e. The van der Waals surface area contributed by atoms with Crippen molar-refractivity contribution in [2.24, 2.45) is 11.1 Å². The van der Waals surface area contributed by atoms with Crippen LogP contribution in [-0.4, -0.2) is 18.7 Å². The summed E-state index contributed by atoms with van der Waals surface area (Å²) < 4.78 is 39.6. The number of likely N-dealkylation sites (N-methyl/N-ethyl adjacent to an activating group) is 1. The fourth-order valence-corrected chi connectivity index (χ4v) is 5.76. The van der Waals surface area contributed by atoms with Gasteiger partial charge in [-0.05, 0) is 42.2 Å². The van der Waals surface area contributed by atoms with E-state index in [4.69, 9.17) is 5.73 Å². The number of Topliss-reactive ketones (excluding diaryl/α,β-unsaturated/α-hetero) is 1. The van der Waals surface area contributed by atoms with Crippen molar-refractivity contribution in [3.05, 3.63) is 82.3 Å². The van der Waals surface area contributed by atoms with Gasteiger partial charge in [0.1, 0.15) is 17.3 Å². The number of rotatable bonds is 1. The summed E-state index contributed by atoms with van der Waals surface area (Å²) in [6.45, 7) is 3.81. The Kier molecular flexibility index (Phi) is 4.91. The van der Waals surface area contributed by atoms with Crippen LogP contribution in [0.5, 0.6) is 0 Å². The zero-order chi connectivity index (χ0) is 26.2. The van der Waals surface area contributed by atoms with Crippen LogP contribution in [-0.2, 0) is 21.2 Å². The second-order valence-electron chi connectivity index (χ2n) is 10.1. The topological polar surface area (TPSA) is 90.4 Å². The molecule has 6 nitrogen and oxygen atoms in total. The zero-order valence-electron chi connectivity index (χ0n) is 19.9. The Morgan fingerprint density at radius 1 is 1.03 bits per heavy atom. The molecule has 2 aromatic rings. The van der Waals surface area contributed by atoms with E-state index in [1.54, 1.807) is 31.3 Å². The van der Waals surface area contributed by atoms with Crippen molar-refractivity contribution in [1.29, 1.82) is 5.26 Å². The molecule has 2 aromatic carbocycles. The highest BCUT2D eigenvalue weighted by Crippen LogP contribution is 2.58. The lowest BCUT2D eigenvalue weighted by molar-refractivity contribution is -0.137. The van der Waals surface area contributed by atoms with Crippen molar-refractivity contribution in [2.75, 3.05) is 16.8 Å². The summed E-state index contributed by atoms with van der Waals surface area (Å²) >= 11 is 0. The number of ketones is 1. The Morgan fingerprint density at radius 2 is 1.67 bits per heavy atom. The minimum absolute atomic E-state index is 0.0834. The number of nitrogens with zero attached hydrogens (tertiary/aromatic N) is 3. The molecule has 1 aliphatic carbocycles. The van der Waals surface area contributed by atoms with E-state index in [1.807, 2.05) is 13.8 Å². The minimum atomic E-state index is -4.53. The monoisotopic (exact) mass is 492 g/mol. The van der Waals surface area contributed by atoms with Crippen LogP contribution in [0, 0.1) is 16.7 Å². The average molecular weight is 493 g/mol. The number of fused-ring (bicyclic) bond motifs is 3. The first kappa shape index (κ1) is 23.7. The number of allylic oxidation sites excluding steroid dienone is 1. The van der Waals surface area contributed by atoms with Gasteiger partial charge in [0.05, 0.1) is 11.1 Å². The lowest BCUT2D eigenvalue weighted by Crippen LogP contribution is -2.53. The standard InChI is InChI=1S/C27H23F3N4O2/c1-25(2)12-20-22(21(35)13-25)26(17-6-4-5-7-19(17)33(3)24(26)36)18(14-31)23(32)34(20)16-10-8-15(9-11-16)27(28,29)30/h4-11H,12-13,32H2,1-3H3. The van der Waals surface area contributed by atoms with Gasteiger partial charge in [-0.1, -0.05) is 32.0 Å². The van der Waals surface area contributed by atoms with E-state index in [0.717, 1.165) is 12.1 Å². The van der Waals surface area contributed by atoms with Crippen LogP contribution in [0.25, 0.3) is 0 Å². The maximum Gasteiger partial charge on any atom is 0.416 e. The van der Waals surface area contributed by atoms with Crippen LogP contribution in [0.1, 0.15) is 37.8 Å². The lowest BCUT2D eigenvalue weighted by Gasteiger charge is -2.47. The fraction of sp³-hybridized carbons (Fsp3) is 0.296. The Bertz CT molecular complexity index is 1430. The molecule has 2 N–H and O–H groups in total. The van der Waals surface area contributed by atoms with E-state index in [1.165, 1.54) is 21.9 Å². The molecule has 36 heavy (non-hydrogen) atoms. The van der Waals surface area contributed by atoms with Gasteiger partial charge < -0.3 is 10.6 Å². The third kappa shape index (κ3) is 3.03. The molecule has 184 valence electrons. The number of anilines is 2. The van der Waals surface area contributed by atoms with Gasteiger partial charge in [-0.2, -0.15) is 18.4 Å². The van der Waals surface area contributed by atoms with E-state index >= 15 is 0 Å². The SMILES string of the molecule is CN1C(=O)C2(C(C#N)=C(N)N(c3ccc(C(F)(F)F)cc3)C3=C2C(=O)CC(C)(C)C3)c2ccccc21. The summed E-state index contributed by atoms with van der Waals surface area (Å²) in [5.74, 6) is -0.840. The number of benzene rings is 2. The molecule has 0 fully saturated rings. The van der Waals surface area contributed by atoms with Crippen molar-refractivity contribution in [2.45, 2.75) is 38.3 Å². The number of halogens is 3. The fourth-order valence-electron chi connectivity index (χ4n) is 5.76. The molecule has 0 saturated carbocycles. The Labute approximate surface area is 206 Å². The van der Waals surface area contributed by atoms with E-state index in [-0.39, 0.29) is 34.9 Å². The summed E-state index contributed by atoms with van der Waals surface area (Å²) in [5.41, 5.74) is 5.34. The predicted molar refractivity (Wildman–Crippen MR) is 127 cm³/mol. The van der Waals surface area contributed by atoms with Crippen molar-refractivity contribution in [3.8, 4) is 6.07 Å². The van der Waals surface area contributed by atoms with E-state index < -0.39 is 28.5 Å². The molecule has 9 heteroatoms. The molecule has 0 saturated heterocycles. The smallest absolute Gasteiger partial charge is 0.384 e. The summed E-state index contributed by atoms with van der Waals surface area (Å²) in [6, 6.07) is 13.4. The number of hydrogen-bond acceptors (Lipinski definition) is 5. The number of carbonyl (C=O) groups is 2. The highest BCUT2D eigenvalue weighted by Gasteiger charge is 2.62. The summed E-state index contributed by atoms with van der Waals surface area (Å²) in [5, 5.41) is 10.3. The summed E-state index contributed by atoms with van der Waals surface area (Å²) in [6.07, 6.45) is -4.05. The van der Waals surface area contributed by atoms with Gasteiger partial charge in [0.25, 0.3) is 0 Å². The van der Waals surface area contributed by atoms with E-state index in [9.17, 15) is 28.0 Å². The molecule has 1 amide bonds. The molecule has 1 spiro atoms. The highest BCUT2D eigenvalue weighted by atomic mass is 19.4. The number of nitriles is 1. The summed E-state index contributed by atoms with van der Waals surface area (Å²) in [4.78, 5) is 30.7. The van der Waals surface area contributed by atoms with Gasteiger partial charge in [-0.25, -0.2) is 0 Å². The van der Waals surface area contributed by atoms with Crippen LogP contribution in [0.4, 0.5) is 24.5 Å². The molecule has 0 aromatic heterocycles. The first-order valence-corrected chi connectivity index (χ1v) is 11.4. The second-order valence-corrected chi connectivity index (χ2v) is 10.1. The highest BCUT2D eigenvalue weighted by molar-refractivity contribution is 6.20. The number of nitrogens with two attached hydrogens (primary N) is 1. The molecule has 0 radical (unpaired) electrons. The molecule has 5 rings (SSSR count). The summed E-state index contributed by atoms with van der Waals surface area (Å²) in [7, 11) is 1.58. The Hall–Kier alpha value is -4.06. The normalized spacial score (nSPS) is 23.2. The van der Waals surface area contributed by atoms with Crippen molar-refractivity contribution >= 4 is 23.1 Å². The number of carbonyl (C=O) groups excluding carboxylic acids is 2. The van der Waals surface area contributed by atoms with Crippen LogP contribution >= 0.6 is 0 Å². The van der Waals surface area contributed by atoms with Crippen LogP contribution in [0.15, 0.2) is 71.2 Å². The Morgan fingerprint density at radius 3 is 2.28 bits per heavy atom. The lowest BCUT2D eigenvalue weighted by atomic mass is 9.60. The van der Waals surface area contributed by atoms with Gasteiger partial charge in [-0.15, -0.1) is 0 Å². The first-order chi connectivity index (χ1) is 16.8. The first-order valence-electron chi connectivity index (χ1n) is 11.4. The molecular formula is C27H23F3N4O2. The van der Waals surface area contributed by atoms with Gasteiger partial charge in [-0.3, -0.25) is 14.5 Å². The van der Waals surface area contributed by atoms with Gasteiger partial charge in [0.15, 0.2) is 5.78 Å². The van der Waals surface area contributed by atoms with Crippen LogP contribution in [0.3, 0.4) is 0 Å². The van der Waals surface area contributed by atoms with Gasteiger partial charge in [0.2, 0.25) is 5.91 Å². The molecule has 1 unspecified atom stereocenters. The molecule has 3 aliphatic rings.